The van der Waals surface area contributed by atoms with Crippen molar-refractivity contribution in [2.24, 2.45) is 0 Å². The Labute approximate surface area is 93.6 Å². The number of aromatic carboxylic acids is 1. The first-order chi connectivity index (χ1) is 6.81. The lowest BCUT2D eigenvalue weighted by Gasteiger charge is -2.22. The minimum atomic E-state index is -1.08. The quantitative estimate of drug-likeness (QED) is 0.846. The van der Waals surface area contributed by atoms with Gasteiger partial charge in [0.1, 0.15) is 16.9 Å². The molecule has 0 radical (unpaired) electrons. The Kier molecular flexibility index (Phi) is 3.25. The van der Waals surface area contributed by atoms with Gasteiger partial charge in [-0.15, -0.1) is 0 Å². The largest absolute Gasteiger partial charge is 0.487 e. The molecule has 0 amide bonds. The van der Waals surface area contributed by atoms with Crippen molar-refractivity contribution in [1.29, 1.82) is 0 Å². The molecule has 82 valence electrons. The molecule has 1 rings (SSSR count). The fraction of sp³-hybridized carbons (Fsp3) is 0.364. The molecule has 1 N–H and O–H groups in total. The van der Waals surface area contributed by atoms with Gasteiger partial charge in [-0.05, 0) is 32.9 Å². The molecule has 0 spiro atoms. The van der Waals surface area contributed by atoms with Crippen LogP contribution >= 0.6 is 11.6 Å². The second-order valence-electron chi connectivity index (χ2n) is 4.13. The molecule has 0 saturated carbocycles. The number of halogens is 1. The van der Waals surface area contributed by atoms with Crippen LogP contribution in [0.1, 0.15) is 31.1 Å². The Morgan fingerprint density at radius 1 is 1.40 bits per heavy atom. The maximum absolute atomic E-state index is 11.0. The molecule has 0 aromatic heterocycles. The first-order valence-electron chi connectivity index (χ1n) is 4.52. The number of ether oxygens (including phenoxy) is 1. The summed E-state index contributed by atoms with van der Waals surface area (Å²) in [6, 6.07) is 4.79. The number of hydrogen-bond acceptors (Lipinski definition) is 2. The summed E-state index contributed by atoms with van der Waals surface area (Å²) >= 11 is 5.79. The highest BCUT2D eigenvalue weighted by atomic mass is 35.5. The minimum absolute atomic E-state index is 0.00842. The van der Waals surface area contributed by atoms with Crippen LogP contribution in [0, 0.1) is 0 Å². The van der Waals surface area contributed by atoms with Gasteiger partial charge in [0.15, 0.2) is 0 Å². The topological polar surface area (TPSA) is 46.5 Å². The van der Waals surface area contributed by atoms with Crippen LogP contribution in [-0.4, -0.2) is 16.7 Å². The summed E-state index contributed by atoms with van der Waals surface area (Å²) in [6.07, 6.45) is 0. The minimum Gasteiger partial charge on any atom is -0.487 e. The van der Waals surface area contributed by atoms with E-state index in [-0.39, 0.29) is 10.6 Å². The molecule has 15 heavy (non-hydrogen) atoms. The third kappa shape index (κ3) is 3.13. The zero-order chi connectivity index (χ0) is 11.6. The molecule has 0 atom stereocenters. The summed E-state index contributed by atoms with van der Waals surface area (Å²) < 4.78 is 5.51. The van der Waals surface area contributed by atoms with Crippen LogP contribution < -0.4 is 4.74 Å². The predicted molar refractivity (Wildman–Crippen MR) is 58.8 cm³/mol. The van der Waals surface area contributed by atoms with Crippen molar-refractivity contribution in [3.8, 4) is 5.75 Å². The van der Waals surface area contributed by atoms with E-state index in [2.05, 4.69) is 0 Å². The van der Waals surface area contributed by atoms with Crippen molar-refractivity contribution in [3.63, 3.8) is 0 Å². The number of carboxylic acids is 1. The van der Waals surface area contributed by atoms with Crippen LogP contribution in [0.2, 0.25) is 5.02 Å². The van der Waals surface area contributed by atoms with Gasteiger partial charge in [-0.3, -0.25) is 0 Å². The lowest BCUT2D eigenvalue weighted by molar-refractivity contribution is 0.0681. The standard InChI is InChI=1S/C11H13ClO3/c1-11(2,3)15-8-6-4-5-7(12)9(8)10(13)14/h4-6H,1-3H3,(H,13,14). The van der Waals surface area contributed by atoms with E-state index in [0.717, 1.165) is 0 Å². The molecule has 3 nitrogen and oxygen atoms in total. The van der Waals surface area contributed by atoms with Gasteiger partial charge in [-0.25, -0.2) is 4.79 Å². The van der Waals surface area contributed by atoms with E-state index in [1.165, 1.54) is 6.07 Å². The van der Waals surface area contributed by atoms with Gasteiger partial charge in [-0.2, -0.15) is 0 Å². The van der Waals surface area contributed by atoms with E-state index in [9.17, 15) is 4.79 Å². The molecule has 4 heteroatoms. The van der Waals surface area contributed by atoms with E-state index in [4.69, 9.17) is 21.4 Å². The monoisotopic (exact) mass is 228 g/mol. The number of rotatable bonds is 2. The number of carbonyl (C=O) groups is 1. The number of benzene rings is 1. The van der Waals surface area contributed by atoms with E-state index in [1.807, 2.05) is 20.8 Å². The van der Waals surface area contributed by atoms with Crippen LogP contribution in [0.15, 0.2) is 18.2 Å². The van der Waals surface area contributed by atoms with Crippen LogP contribution in [0.3, 0.4) is 0 Å². The summed E-state index contributed by atoms with van der Waals surface area (Å²) in [5.41, 5.74) is -0.441. The van der Waals surface area contributed by atoms with E-state index in [1.54, 1.807) is 12.1 Å². The van der Waals surface area contributed by atoms with Gasteiger partial charge >= 0.3 is 5.97 Å². The second-order valence-corrected chi connectivity index (χ2v) is 4.54. The molecule has 0 unspecified atom stereocenters. The average molecular weight is 229 g/mol. The molecule has 0 bridgehead atoms. The maximum Gasteiger partial charge on any atom is 0.341 e. The summed E-state index contributed by atoms with van der Waals surface area (Å²) in [7, 11) is 0. The first-order valence-corrected chi connectivity index (χ1v) is 4.90. The van der Waals surface area contributed by atoms with Crippen molar-refractivity contribution in [2.75, 3.05) is 0 Å². The number of hydrogen-bond donors (Lipinski definition) is 1. The SMILES string of the molecule is CC(C)(C)Oc1cccc(Cl)c1C(=O)O. The van der Waals surface area contributed by atoms with Crippen LogP contribution in [0.5, 0.6) is 5.75 Å². The normalized spacial score (nSPS) is 11.2. The molecule has 0 aliphatic rings. The third-order valence-corrected chi connectivity index (χ3v) is 1.92. The molecular formula is C11H13ClO3. The maximum atomic E-state index is 11.0. The molecule has 1 aromatic carbocycles. The van der Waals surface area contributed by atoms with Crippen LogP contribution in [0.4, 0.5) is 0 Å². The Morgan fingerprint density at radius 3 is 2.47 bits per heavy atom. The number of carboxylic acid groups (broad SMARTS) is 1. The Hall–Kier alpha value is -1.22. The van der Waals surface area contributed by atoms with Gasteiger partial charge in [0, 0.05) is 0 Å². The van der Waals surface area contributed by atoms with E-state index < -0.39 is 11.6 Å². The van der Waals surface area contributed by atoms with Gasteiger partial charge in [0.25, 0.3) is 0 Å². The average Bonchev–Trinajstić information content (AvgIpc) is 1.99. The molecule has 0 heterocycles. The molecule has 0 saturated heterocycles. The summed E-state index contributed by atoms with van der Waals surface area (Å²) in [5.74, 6) is -0.789. The van der Waals surface area contributed by atoms with Crippen LogP contribution in [0.25, 0.3) is 0 Å². The fourth-order valence-corrected chi connectivity index (χ4v) is 1.37. The second kappa shape index (κ2) is 4.11. The predicted octanol–water partition coefficient (Wildman–Crippen LogP) is 3.22. The zero-order valence-corrected chi connectivity index (χ0v) is 9.63. The summed E-state index contributed by atoms with van der Waals surface area (Å²) in [6.45, 7) is 5.54. The van der Waals surface area contributed by atoms with Gasteiger partial charge < -0.3 is 9.84 Å². The molecule has 1 aromatic rings. The molecule has 0 fully saturated rings. The van der Waals surface area contributed by atoms with E-state index >= 15 is 0 Å². The van der Waals surface area contributed by atoms with Crippen molar-refractivity contribution >= 4 is 17.6 Å². The fourth-order valence-electron chi connectivity index (χ4n) is 1.13. The summed E-state index contributed by atoms with van der Waals surface area (Å²) in [5, 5.41) is 9.16. The summed E-state index contributed by atoms with van der Waals surface area (Å²) in [4.78, 5) is 11.0. The molecule has 0 aliphatic carbocycles. The molecule has 0 aliphatic heterocycles. The van der Waals surface area contributed by atoms with Crippen molar-refractivity contribution in [2.45, 2.75) is 26.4 Å². The smallest absolute Gasteiger partial charge is 0.341 e. The first kappa shape index (κ1) is 11.9. The highest BCUT2D eigenvalue weighted by Gasteiger charge is 2.20. The van der Waals surface area contributed by atoms with Crippen LogP contribution in [-0.2, 0) is 0 Å². The lowest BCUT2D eigenvalue weighted by Crippen LogP contribution is -2.24. The lowest BCUT2D eigenvalue weighted by atomic mass is 10.1. The van der Waals surface area contributed by atoms with Gasteiger partial charge in [-0.1, -0.05) is 17.7 Å². The van der Waals surface area contributed by atoms with E-state index in [0.29, 0.717) is 5.75 Å². The highest BCUT2D eigenvalue weighted by molar-refractivity contribution is 6.33. The zero-order valence-electron chi connectivity index (χ0n) is 8.87. The van der Waals surface area contributed by atoms with Crippen molar-refractivity contribution in [3.05, 3.63) is 28.8 Å². The van der Waals surface area contributed by atoms with Crippen molar-refractivity contribution < 1.29 is 14.6 Å². The highest BCUT2D eigenvalue weighted by Crippen LogP contribution is 2.28. The molecular weight excluding hydrogens is 216 g/mol. The van der Waals surface area contributed by atoms with Gasteiger partial charge in [0.05, 0.1) is 5.02 Å². The van der Waals surface area contributed by atoms with Crippen molar-refractivity contribution in [1.82, 2.24) is 0 Å². The third-order valence-electron chi connectivity index (χ3n) is 1.61. The Morgan fingerprint density at radius 2 is 2.00 bits per heavy atom. The van der Waals surface area contributed by atoms with Gasteiger partial charge in [0.2, 0.25) is 0 Å². The Balaban J connectivity index is 3.18. The Bertz CT molecular complexity index is 380.